The third-order valence-electron chi connectivity index (χ3n) is 1.38. The molecule has 1 nitrogen and oxygen atoms in total. The van der Waals surface area contributed by atoms with Crippen molar-refractivity contribution in [3.8, 4) is 11.8 Å². The summed E-state index contributed by atoms with van der Waals surface area (Å²) in [6.07, 6.45) is 0. The Balaban J connectivity index is 2.97. The van der Waals surface area contributed by atoms with Crippen LogP contribution in [0, 0.1) is 11.8 Å². The molecule has 0 unspecified atom stereocenters. The lowest BCUT2D eigenvalue weighted by molar-refractivity contribution is 0.282. The molecule has 0 atom stereocenters. The lowest BCUT2D eigenvalue weighted by Gasteiger charge is -1.94. The van der Waals surface area contributed by atoms with E-state index in [0.29, 0.717) is 0 Å². The monoisotopic (exact) mass is 146 g/mol. The maximum Gasteiger partial charge on any atom is 0.0682 e. The molecule has 0 spiro atoms. The highest BCUT2D eigenvalue weighted by atomic mass is 16.3. The van der Waals surface area contributed by atoms with Gasteiger partial charge < -0.3 is 5.11 Å². The van der Waals surface area contributed by atoms with Gasteiger partial charge in [-0.1, -0.05) is 18.1 Å². The maximum atomic E-state index is 8.78. The van der Waals surface area contributed by atoms with Crippen LogP contribution >= 0.6 is 0 Å². The van der Waals surface area contributed by atoms with E-state index in [1.54, 1.807) is 6.92 Å². The van der Waals surface area contributed by atoms with Gasteiger partial charge in [-0.15, -0.1) is 5.92 Å². The molecule has 0 saturated carbocycles. The molecule has 0 aromatic heterocycles. The topological polar surface area (TPSA) is 20.2 Å². The van der Waals surface area contributed by atoms with Crippen LogP contribution in [0.3, 0.4) is 0 Å². The maximum absolute atomic E-state index is 8.78. The van der Waals surface area contributed by atoms with Gasteiger partial charge in [-0.3, -0.25) is 0 Å². The normalized spacial score (nSPS) is 8.55. The van der Waals surface area contributed by atoms with E-state index in [1.807, 2.05) is 24.3 Å². The number of aliphatic hydroxyl groups is 1. The van der Waals surface area contributed by atoms with Crippen molar-refractivity contribution in [3.05, 3.63) is 35.4 Å². The Labute approximate surface area is 66.7 Å². The summed E-state index contributed by atoms with van der Waals surface area (Å²) in [6.45, 7) is 1.88. The van der Waals surface area contributed by atoms with Gasteiger partial charge in [0, 0.05) is 5.56 Å². The van der Waals surface area contributed by atoms with Gasteiger partial charge in [-0.05, 0) is 24.6 Å². The van der Waals surface area contributed by atoms with Crippen molar-refractivity contribution in [2.45, 2.75) is 13.5 Å². The van der Waals surface area contributed by atoms with E-state index in [9.17, 15) is 0 Å². The fourth-order valence-electron chi connectivity index (χ4n) is 0.892. The minimum absolute atomic E-state index is 0.0826. The third kappa shape index (κ3) is 2.10. The first-order chi connectivity index (χ1) is 5.36. The zero-order valence-electron chi connectivity index (χ0n) is 6.46. The highest BCUT2D eigenvalue weighted by Crippen LogP contribution is 2.03. The SMILES string of the molecule is CC#Cc1cccc(CO)c1. The summed E-state index contributed by atoms with van der Waals surface area (Å²) in [5.74, 6) is 5.72. The van der Waals surface area contributed by atoms with E-state index in [-0.39, 0.29) is 6.61 Å². The van der Waals surface area contributed by atoms with Crippen molar-refractivity contribution in [3.63, 3.8) is 0 Å². The second kappa shape index (κ2) is 3.80. The number of benzene rings is 1. The molecule has 0 aliphatic carbocycles. The second-order valence-corrected chi connectivity index (χ2v) is 2.23. The number of hydrogen-bond acceptors (Lipinski definition) is 1. The minimum atomic E-state index is 0.0826. The van der Waals surface area contributed by atoms with Crippen LogP contribution in [-0.4, -0.2) is 5.11 Å². The molecule has 0 saturated heterocycles. The van der Waals surface area contributed by atoms with E-state index >= 15 is 0 Å². The van der Waals surface area contributed by atoms with E-state index in [1.165, 1.54) is 0 Å². The van der Waals surface area contributed by atoms with Crippen LogP contribution in [0.25, 0.3) is 0 Å². The Hall–Kier alpha value is -1.26. The summed E-state index contributed by atoms with van der Waals surface area (Å²) in [6, 6.07) is 7.58. The van der Waals surface area contributed by atoms with Gasteiger partial charge in [0.1, 0.15) is 0 Å². The molecule has 56 valence electrons. The van der Waals surface area contributed by atoms with Crippen molar-refractivity contribution in [2.75, 3.05) is 0 Å². The molecule has 0 radical (unpaired) electrons. The molecule has 1 N–H and O–H groups in total. The van der Waals surface area contributed by atoms with Crippen LogP contribution in [0.5, 0.6) is 0 Å². The Morgan fingerprint density at radius 3 is 2.91 bits per heavy atom. The molecule has 0 bridgehead atoms. The average Bonchev–Trinajstić information content (AvgIpc) is 2.06. The molecule has 0 amide bonds. The lowest BCUT2D eigenvalue weighted by atomic mass is 10.1. The van der Waals surface area contributed by atoms with Crippen molar-refractivity contribution >= 4 is 0 Å². The van der Waals surface area contributed by atoms with Gasteiger partial charge >= 0.3 is 0 Å². The van der Waals surface area contributed by atoms with Crippen molar-refractivity contribution in [2.24, 2.45) is 0 Å². The van der Waals surface area contributed by atoms with Crippen LogP contribution in [0.2, 0.25) is 0 Å². The van der Waals surface area contributed by atoms with Gasteiger partial charge in [0.15, 0.2) is 0 Å². The predicted octanol–water partition coefficient (Wildman–Crippen LogP) is 1.55. The van der Waals surface area contributed by atoms with Gasteiger partial charge in [-0.25, -0.2) is 0 Å². The molecule has 11 heavy (non-hydrogen) atoms. The molecular weight excluding hydrogens is 136 g/mol. The van der Waals surface area contributed by atoms with Gasteiger partial charge in [0.2, 0.25) is 0 Å². The number of aliphatic hydroxyl groups excluding tert-OH is 1. The number of hydrogen-bond donors (Lipinski definition) is 1. The van der Waals surface area contributed by atoms with E-state index < -0.39 is 0 Å². The Kier molecular flexibility index (Phi) is 2.71. The molecule has 0 aliphatic heterocycles. The highest BCUT2D eigenvalue weighted by Gasteiger charge is 1.89. The third-order valence-corrected chi connectivity index (χ3v) is 1.38. The lowest BCUT2D eigenvalue weighted by Crippen LogP contribution is -1.82. The molecule has 0 fully saturated rings. The Morgan fingerprint density at radius 1 is 1.45 bits per heavy atom. The van der Waals surface area contributed by atoms with Crippen LogP contribution < -0.4 is 0 Å². The van der Waals surface area contributed by atoms with Crippen molar-refractivity contribution < 1.29 is 5.11 Å². The first-order valence-electron chi connectivity index (χ1n) is 3.49. The van der Waals surface area contributed by atoms with Crippen LogP contribution in [0.4, 0.5) is 0 Å². The summed E-state index contributed by atoms with van der Waals surface area (Å²) in [4.78, 5) is 0. The first-order valence-corrected chi connectivity index (χ1v) is 3.49. The largest absolute Gasteiger partial charge is 0.392 e. The zero-order valence-corrected chi connectivity index (χ0v) is 6.46. The number of rotatable bonds is 1. The Bertz CT molecular complexity index is 291. The molecule has 1 heteroatoms. The van der Waals surface area contributed by atoms with Gasteiger partial charge in [0.25, 0.3) is 0 Å². The van der Waals surface area contributed by atoms with Gasteiger partial charge in [-0.2, -0.15) is 0 Å². The highest BCUT2D eigenvalue weighted by molar-refractivity contribution is 5.36. The summed E-state index contributed by atoms with van der Waals surface area (Å²) < 4.78 is 0. The zero-order chi connectivity index (χ0) is 8.10. The molecule has 0 aliphatic rings. The molecule has 1 rings (SSSR count). The summed E-state index contributed by atoms with van der Waals surface area (Å²) in [5.41, 5.74) is 1.87. The molecule has 1 aromatic rings. The fraction of sp³-hybridized carbons (Fsp3) is 0.200. The van der Waals surface area contributed by atoms with Crippen molar-refractivity contribution in [1.82, 2.24) is 0 Å². The van der Waals surface area contributed by atoms with Gasteiger partial charge in [0.05, 0.1) is 6.61 Å². The predicted molar refractivity (Wildman–Crippen MR) is 44.9 cm³/mol. The average molecular weight is 146 g/mol. The fourth-order valence-corrected chi connectivity index (χ4v) is 0.892. The second-order valence-electron chi connectivity index (χ2n) is 2.23. The van der Waals surface area contributed by atoms with Crippen LogP contribution in [0.1, 0.15) is 18.1 Å². The molecule has 1 aromatic carbocycles. The minimum Gasteiger partial charge on any atom is -0.392 e. The van der Waals surface area contributed by atoms with E-state index in [0.717, 1.165) is 11.1 Å². The first kappa shape index (κ1) is 7.84. The molecule has 0 heterocycles. The summed E-state index contributed by atoms with van der Waals surface area (Å²) >= 11 is 0. The summed E-state index contributed by atoms with van der Waals surface area (Å²) in [5, 5.41) is 8.78. The standard InChI is InChI=1S/C10H10O/c1-2-4-9-5-3-6-10(7-9)8-11/h3,5-7,11H,8H2,1H3. The smallest absolute Gasteiger partial charge is 0.0682 e. The quantitative estimate of drug-likeness (QED) is 0.596. The Morgan fingerprint density at radius 2 is 2.27 bits per heavy atom. The van der Waals surface area contributed by atoms with E-state index in [4.69, 9.17) is 5.11 Å². The molecular formula is C10H10O. The van der Waals surface area contributed by atoms with E-state index in [2.05, 4.69) is 11.8 Å². The van der Waals surface area contributed by atoms with Crippen LogP contribution in [-0.2, 0) is 6.61 Å². The summed E-state index contributed by atoms with van der Waals surface area (Å²) in [7, 11) is 0. The van der Waals surface area contributed by atoms with Crippen LogP contribution in [0.15, 0.2) is 24.3 Å². The van der Waals surface area contributed by atoms with Crippen molar-refractivity contribution in [1.29, 1.82) is 0 Å².